The number of aliphatic hydroxyl groups excluding tert-OH is 1. The molecule has 1 aliphatic rings. The maximum absolute atomic E-state index is 8.98. The average molecular weight is 264 g/mol. The van der Waals surface area contributed by atoms with E-state index in [4.69, 9.17) is 9.84 Å². The van der Waals surface area contributed by atoms with Crippen molar-refractivity contribution in [3.05, 3.63) is 24.0 Å². The molecule has 2 heterocycles. The summed E-state index contributed by atoms with van der Waals surface area (Å²) in [6.45, 7) is 7.19. The summed E-state index contributed by atoms with van der Waals surface area (Å²) in [5, 5.41) is 8.98. The molecule has 0 saturated carbocycles. The first-order chi connectivity index (χ1) is 9.19. The molecule has 0 spiro atoms. The zero-order valence-corrected chi connectivity index (χ0v) is 11.9. The number of ether oxygens (including phenoxy) is 1. The van der Waals surface area contributed by atoms with Crippen LogP contribution in [0, 0.1) is 0 Å². The maximum atomic E-state index is 8.98. The molecule has 1 aromatic rings. The Morgan fingerprint density at radius 2 is 2.32 bits per heavy atom. The van der Waals surface area contributed by atoms with Crippen molar-refractivity contribution in [3.8, 4) is 5.75 Å². The van der Waals surface area contributed by atoms with Gasteiger partial charge < -0.3 is 9.84 Å². The second-order valence-electron chi connectivity index (χ2n) is 5.48. The van der Waals surface area contributed by atoms with Crippen LogP contribution in [-0.2, 0) is 0 Å². The summed E-state index contributed by atoms with van der Waals surface area (Å²) in [6, 6.07) is 4.04. The first-order valence-corrected chi connectivity index (χ1v) is 7.15. The molecule has 0 aliphatic carbocycles. The van der Waals surface area contributed by atoms with Crippen LogP contribution in [-0.4, -0.2) is 47.3 Å². The molecule has 2 rings (SSSR count). The fourth-order valence-electron chi connectivity index (χ4n) is 2.45. The maximum Gasteiger partial charge on any atom is 0.138 e. The number of hydrogen-bond acceptors (Lipinski definition) is 4. The molecular formula is C15H24N2O2. The number of pyridine rings is 1. The summed E-state index contributed by atoms with van der Waals surface area (Å²) in [7, 11) is 0. The second kappa shape index (κ2) is 6.87. The van der Waals surface area contributed by atoms with Gasteiger partial charge >= 0.3 is 0 Å². The van der Waals surface area contributed by atoms with Crippen molar-refractivity contribution < 1.29 is 9.84 Å². The molecule has 0 bridgehead atoms. The van der Waals surface area contributed by atoms with Gasteiger partial charge in [-0.05, 0) is 37.4 Å². The summed E-state index contributed by atoms with van der Waals surface area (Å²) in [5.74, 6) is 1.30. The van der Waals surface area contributed by atoms with E-state index in [0.29, 0.717) is 5.92 Å². The molecule has 1 fully saturated rings. The topological polar surface area (TPSA) is 45.6 Å². The van der Waals surface area contributed by atoms with E-state index in [2.05, 4.69) is 23.7 Å². The van der Waals surface area contributed by atoms with Crippen LogP contribution >= 0.6 is 0 Å². The van der Waals surface area contributed by atoms with Gasteiger partial charge in [0.2, 0.25) is 0 Å². The molecule has 19 heavy (non-hydrogen) atoms. The van der Waals surface area contributed by atoms with E-state index in [9.17, 15) is 0 Å². The highest BCUT2D eigenvalue weighted by atomic mass is 16.5. The lowest BCUT2D eigenvalue weighted by Crippen LogP contribution is -2.42. The van der Waals surface area contributed by atoms with Gasteiger partial charge in [-0.2, -0.15) is 0 Å². The Bertz CT molecular complexity index is 376. The third kappa shape index (κ3) is 4.18. The van der Waals surface area contributed by atoms with Crippen molar-refractivity contribution in [2.24, 2.45) is 0 Å². The Kier molecular flexibility index (Phi) is 5.16. The number of piperidine rings is 1. The number of β-amino-alcohol motifs (C(OH)–C–C–N with tert-alkyl or cyclic N) is 1. The lowest BCUT2D eigenvalue weighted by molar-refractivity contribution is 0.0765. The third-order valence-electron chi connectivity index (χ3n) is 3.53. The van der Waals surface area contributed by atoms with E-state index in [1.807, 2.05) is 18.3 Å². The smallest absolute Gasteiger partial charge is 0.138 e. The van der Waals surface area contributed by atoms with Gasteiger partial charge in [0.25, 0.3) is 0 Å². The Balaban J connectivity index is 1.89. The van der Waals surface area contributed by atoms with E-state index in [1.165, 1.54) is 0 Å². The van der Waals surface area contributed by atoms with Gasteiger partial charge in [-0.3, -0.25) is 9.88 Å². The number of hydrogen-bond donors (Lipinski definition) is 1. The van der Waals surface area contributed by atoms with Crippen LogP contribution in [0.3, 0.4) is 0 Å². The van der Waals surface area contributed by atoms with Gasteiger partial charge in [0.05, 0.1) is 12.8 Å². The van der Waals surface area contributed by atoms with Crippen molar-refractivity contribution in [2.45, 2.75) is 38.7 Å². The Morgan fingerprint density at radius 1 is 1.47 bits per heavy atom. The van der Waals surface area contributed by atoms with Gasteiger partial charge in [-0.1, -0.05) is 13.8 Å². The van der Waals surface area contributed by atoms with E-state index in [1.54, 1.807) is 0 Å². The van der Waals surface area contributed by atoms with E-state index < -0.39 is 0 Å². The molecule has 0 unspecified atom stereocenters. The average Bonchev–Trinajstić information content (AvgIpc) is 2.40. The summed E-state index contributed by atoms with van der Waals surface area (Å²) < 4.78 is 5.98. The van der Waals surface area contributed by atoms with Crippen LogP contribution in [0.25, 0.3) is 0 Å². The van der Waals surface area contributed by atoms with Crippen LogP contribution < -0.4 is 4.74 Å². The third-order valence-corrected chi connectivity index (χ3v) is 3.53. The molecule has 1 N–H and O–H groups in total. The quantitative estimate of drug-likeness (QED) is 0.884. The summed E-state index contributed by atoms with van der Waals surface area (Å²) in [4.78, 5) is 6.67. The first-order valence-electron chi connectivity index (χ1n) is 7.15. The van der Waals surface area contributed by atoms with Crippen molar-refractivity contribution >= 4 is 0 Å². The summed E-state index contributed by atoms with van der Waals surface area (Å²) in [6.07, 6.45) is 4.24. The Hall–Kier alpha value is -1.13. The lowest BCUT2D eigenvalue weighted by Gasteiger charge is -2.32. The number of rotatable bonds is 5. The molecular weight excluding hydrogens is 240 g/mol. The van der Waals surface area contributed by atoms with E-state index in [0.717, 1.165) is 43.9 Å². The summed E-state index contributed by atoms with van der Waals surface area (Å²) >= 11 is 0. The molecule has 1 aliphatic heterocycles. The lowest BCUT2D eigenvalue weighted by atomic mass is 10.1. The van der Waals surface area contributed by atoms with E-state index >= 15 is 0 Å². The molecule has 0 radical (unpaired) electrons. The minimum atomic E-state index is 0.215. The van der Waals surface area contributed by atoms with Gasteiger partial charge in [0.15, 0.2) is 0 Å². The highest BCUT2D eigenvalue weighted by Gasteiger charge is 2.20. The molecule has 1 aromatic heterocycles. The largest absolute Gasteiger partial charge is 0.487 e. The Labute approximate surface area is 115 Å². The highest BCUT2D eigenvalue weighted by Crippen LogP contribution is 2.19. The molecule has 4 heteroatoms. The zero-order chi connectivity index (χ0) is 13.7. The van der Waals surface area contributed by atoms with Gasteiger partial charge in [0, 0.05) is 18.8 Å². The number of likely N-dealkylation sites (tertiary alicyclic amines) is 1. The monoisotopic (exact) mass is 264 g/mol. The second-order valence-corrected chi connectivity index (χ2v) is 5.48. The van der Waals surface area contributed by atoms with Crippen molar-refractivity contribution in [2.75, 3.05) is 26.2 Å². The highest BCUT2D eigenvalue weighted by molar-refractivity contribution is 5.21. The SMILES string of the molecule is CC(C)c1ccc(O[C@H]2CCCN(CCO)C2)cn1. The first kappa shape index (κ1) is 14.3. The van der Waals surface area contributed by atoms with Gasteiger partial charge in [-0.25, -0.2) is 0 Å². The summed E-state index contributed by atoms with van der Waals surface area (Å²) in [5.41, 5.74) is 1.10. The number of aliphatic hydroxyl groups is 1. The van der Waals surface area contributed by atoms with Crippen LogP contribution in [0.15, 0.2) is 18.3 Å². The normalized spacial score (nSPS) is 20.7. The molecule has 1 saturated heterocycles. The van der Waals surface area contributed by atoms with E-state index in [-0.39, 0.29) is 12.7 Å². The standard InChI is InChI=1S/C15H24N2O2/c1-12(2)15-6-5-13(10-16-15)19-14-4-3-7-17(11-14)8-9-18/h5-6,10,12,14,18H,3-4,7-9,11H2,1-2H3/t14-/m0/s1. The van der Waals surface area contributed by atoms with Gasteiger partial charge in [0.1, 0.15) is 11.9 Å². The van der Waals surface area contributed by atoms with Crippen molar-refractivity contribution in [1.29, 1.82) is 0 Å². The van der Waals surface area contributed by atoms with Crippen molar-refractivity contribution in [1.82, 2.24) is 9.88 Å². The molecule has 0 aromatic carbocycles. The van der Waals surface area contributed by atoms with Crippen LogP contribution in [0.4, 0.5) is 0 Å². The molecule has 0 amide bonds. The predicted octanol–water partition coefficient (Wildman–Crippen LogP) is 2.04. The molecule has 106 valence electrons. The van der Waals surface area contributed by atoms with Crippen LogP contribution in [0.2, 0.25) is 0 Å². The molecule has 4 nitrogen and oxygen atoms in total. The predicted molar refractivity (Wildman–Crippen MR) is 75.5 cm³/mol. The fraction of sp³-hybridized carbons (Fsp3) is 0.667. The molecule has 1 atom stereocenters. The van der Waals surface area contributed by atoms with Gasteiger partial charge in [-0.15, -0.1) is 0 Å². The Morgan fingerprint density at radius 3 is 2.95 bits per heavy atom. The zero-order valence-electron chi connectivity index (χ0n) is 11.9. The minimum absolute atomic E-state index is 0.215. The number of nitrogens with zero attached hydrogens (tertiary/aromatic N) is 2. The minimum Gasteiger partial charge on any atom is -0.487 e. The van der Waals surface area contributed by atoms with Crippen LogP contribution in [0.5, 0.6) is 5.75 Å². The fourth-order valence-corrected chi connectivity index (χ4v) is 2.45. The van der Waals surface area contributed by atoms with Crippen molar-refractivity contribution in [3.63, 3.8) is 0 Å². The van der Waals surface area contributed by atoms with Crippen LogP contribution in [0.1, 0.15) is 38.3 Å². The number of aromatic nitrogens is 1.